The van der Waals surface area contributed by atoms with Crippen molar-refractivity contribution in [1.29, 1.82) is 0 Å². The van der Waals surface area contributed by atoms with E-state index in [1.807, 2.05) is 6.07 Å². The van der Waals surface area contributed by atoms with Gasteiger partial charge in [0.15, 0.2) is 0 Å². The fourth-order valence-corrected chi connectivity index (χ4v) is 3.39. The van der Waals surface area contributed by atoms with E-state index in [-0.39, 0.29) is 0 Å². The Morgan fingerprint density at radius 3 is 2.86 bits per heavy atom. The number of hydrogen-bond donors (Lipinski definition) is 0. The van der Waals surface area contributed by atoms with E-state index in [9.17, 15) is 0 Å². The molecule has 0 radical (unpaired) electrons. The van der Waals surface area contributed by atoms with Crippen LogP contribution in [0.15, 0.2) is 22.0 Å². The average molecular weight is 271 g/mol. The van der Waals surface area contributed by atoms with Gasteiger partial charge in [-0.25, -0.2) is 0 Å². The number of ether oxygens (including phenoxy) is 1. The number of methoxy groups -OCH3 is 1. The summed E-state index contributed by atoms with van der Waals surface area (Å²) in [5.74, 6) is 0.985. The molecule has 0 bridgehead atoms. The lowest BCUT2D eigenvalue weighted by Crippen LogP contribution is -1.90. The van der Waals surface area contributed by atoms with Crippen LogP contribution in [0.2, 0.25) is 0 Å². The summed E-state index contributed by atoms with van der Waals surface area (Å²) in [6.07, 6.45) is 0.996. The lowest BCUT2D eigenvalue weighted by molar-refractivity contribution is 0.411. The highest BCUT2D eigenvalue weighted by Crippen LogP contribution is 2.37. The van der Waals surface area contributed by atoms with Gasteiger partial charge in [-0.1, -0.05) is 6.92 Å². The molecule has 1 aromatic heterocycles. The summed E-state index contributed by atoms with van der Waals surface area (Å²) >= 11 is 5.34. The van der Waals surface area contributed by atoms with Crippen molar-refractivity contribution in [2.75, 3.05) is 7.11 Å². The van der Waals surface area contributed by atoms with E-state index >= 15 is 0 Å². The summed E-state index contributed by atoms with van der Waals surface area (Å²) in [7, 11) is 1.72. The van der Waals surface area contributed by atoms with Gasteiger partial charge in [0.05, 0.1) is 7.11 Å². The first-order chi connectivity index (χ1) is 6.77. The van der Waals surface area contributed by atoms with Crippen LogP contribution in [-0.4, -0.2) is 7.11 Å². The zero-order valence-electron chi connectivity index (χ0n) is 8.13. The topological polar surface area (TPSA) is 9.23 Å². The van der Waals surface area contributed by atoms with Crippen molar-refractivity contribution in [2.24, 2.45) is 0 Å². The molecule has 0 spiro atoms. The maximum atomic E-state index is 5.35. The molecule has 1 aromatic carbocycles. The van der Waals surface area contributed by atoms with Gasteiger partial charge < -0.3 is 4.74 Å². The van der Waals surface area contributed by atoms with Crippen LogP contribution in [0, 0.1) is 0 Å². The lowest BCUT2D eigenvalue weighted by atomic mass is 10.1. The third kappa shape index (κ3) is 1.44. The highest BCUT2D eigenvalue weighted by molar-refractivity contribution is 9.10. The smallest absolute Gasteiger partial charge is 0.122 e. The van der Waals surface area contributed by atoms with Gasteiger partial charge in [-0.3, -0.25) is 0 Å². The number of rotatable bonds is 2. The SMILES string of the molecule is CCc1c(OC)ccc2scc(Br)c12. The fraction of sp³-hybridized carbons (Fsp3) is 0.273. The van der Waals surface area contributed by atoms with Gasteiger partial charge in [-0.2, -0.15) is 0 Å². The molecule has 14 heavy (non-hydrogen) atoms. The van der Waals surface area contributed by atoms with Crippen LogP contribution in [-0.2, 0) is 6.42 Å². The standard InChI is InChI=1S/C11H11BrOS/c1-3-7-9(13-2)4-5-10-11(7)8(12)6-14-10/h4-6H,3H2,1-2H3. The summed E-state index contributed by atoms with van der Waals surface area (Å²) in [5.41, 5.74) is 1.29. The van der Waals surface area contributed by atoms with Gasteiger partial charge in [-0.15, -0.1) is 11.3 Å². The summed E-state index contributed by atoms with van der Waals surface area (Å²) in [6, 6.07) is 4.16. The quantitative estimate of drug-likeness (QED) is 0.794. The molecule has 0 fully saturated rings. The van der Waals surface area contributed by atoms with Crippen LogP contribution < -0.4 is 4.74 Å². The minimum Gasteiger partial charge on any atom is -0.496 e. The van der Waals surface area contributed by atoms with E-state index in [2.05, 4.69) is 34.3 Å². The van der Waals surface area contributed by atoms with Crippen LogP contribution in [0.4, 0.5) is 0 Å². The number of fused-ring (bicyclic) bond motifs is 1. The highest BCUT2D eigenvalue weighted by atomic mass is 79.9. The number of thiophene rings is 1. The third-order valence-corrected chi connectivity index (χ3v) is 4.21. The molecule has 3 heteroatoms. The van der Waals surface area contributed by atoms with Crippen molar-refractivity contribution in [3.05, 3.63) is 27.5 Å². The predicted octanol–water partition coefficient (Wildman–Crippen LogP) is 4.23. The summed E-state index contributed by atoms with van der Waals surface area (Å²) in [4.78, 5) is 0. The molecule has 0 atom stereocenters. The molecular formula is C11H11BrOS. The molecule has 0 saturated heterocycles. The van der Waals surface area contributed by atoms with Gasteiger partial charge in [0, 0.05) is 25.5 Å². The summed E-state index contributed by atoms with van der Waals surface area (Å²) < 4.78 is 7.84. The fourth-order valence-electron chi connectivity index (χ4n) is 1.68. The molecule has 1 nitrogen and oxygen atoms in total. The number of halogens is 1. The molecule has 0 aliphatic rings. The Kier molecular flexibility index (Phi) is 2.79. The molecule has 0 aliphatic carbocycles. The Bertz CT molecular complexity index is 462. The predicted molar refractivity (Wildman–Crippen MR) is 65.5 cm³/mol. The van der Waals surface area contributed by atoms with Crippen molar-refractivity contribution in [3.8, 4) is 5.75 Å². The van der Waals surface area contributed by atoms with Crippen molar-refractivity contribution >= 4 is 37.4 Å². The zero-order chi connectivity index (χ0) is 10.1. The maximum Gasteiger partial charge on any atom is 0.122 e. The first-order valence-electron chi connectivity index (χ1n) is 4.50. The van der Waals surface area contributed by atoms with Crippen LogP contribution >= 0.6 is 27.3 Å². The maximum absolute atomic E-state index is 5.35. The molecule has 0 aliphatic heterocycles. The number of hydrogen-bond acceptors (Lipinski definition) is 2. The second-order valence-electron chi connectivity index (χ2n) is 3.06. The monoisotopic (exact) mass is 270 g/mol. The van der Waals surface area contributed by atoms with Gasteiger partial charge in [0.1, 0.15) is 5.75 Å². The molecular weight excluding hydrogens is 260 g/mol. The van der Waals surface area contributed by atoms with Crippen LogP contribution in [0.5, 0.6) is 5.75 Å². The van der Waals surface area contributed by atoms with Crippen LogP contribution in [0.3, 0.4) is 0 Å². The minimum atomic E-state index is 0.985. The third-order valence-electron chi connectivity index (χ3n) is 2.33. The molecule has 0 unspecified atom stereocenters. The first-order valence-corrected chi connectivity index (χ1v) is 6.17. The molecule has 74 valence electrons. The van der Waals surface area contributed by atoms with Crippen molar-refractivity contribution in [1.82, 2.24) is 0 Å². The van der Waals surface area contributed by atoms with Gasteiger partial charge in [-0.05, 0) is 34.5 Å². The molecule has 0 N–H and O–H groups in total. The van der Waals surface area contributed by atoms with Crippen molar-refractivity contribution < 1.29 is 4.74 Å². The lowest BCUT2D eigenvalue weighted by Gasteiger charge is -2.07. The average Bonchev–Trinajstić information content (AvgIpc) is 2.59. The molecule has 2 aromatic rings. The summed E-state index contributed by atoms with van der Waals surface area (Å²) in [6.45, 7) is 2.15. The van der Waals surface area contributed by atoms with Crippen molar-refractivity contribution in [3.63, 3.8) is 0 Å². The first kappa shape index (κ1) is 9.99. The Morgan fingerprint density at radius 1 is 1.43 bits per heavy atom. The largest absolute Gasteiger partial charge is 0.496 e. The van der Waals surface area contributed by atoms with Crippen molar-refractivity contribution in [2.45, 2.75) is 13.3 Å². The van der Waals surface area contributed by atoms with Crippen LogP contribution in [0.1, 0.15) is 12.5 Å². The van der Waals surface area contributed by atoms with Crippen LogP contribution in [0.25, 0.3) is 10.1 Å². The Morgan fingerprint density at radius 2 is 2.21 bits per heavy atom. The Hall–Kier alpha value is -0.540. The van der Waals surface area contributed by atoms with E-state index in [1.165, 1.54) is 20.1 Å². The molecule has 2 rings (SSSR count). The van der Waals surface area contributed by atoms with E-state index in [4.69, 9.17) is 4.74 Å². The van der Waals surface area contributed by atoms with E-state index < -0.39 is 0 Å². The molecule has 0 amide bonds. The second-order valence-corrected chi connectivity index (χ2v) is 4.82. The minimum absolute atomic E-state index is 0.985. The molecule has 1 heterocycles. The zero-order valence-corrected chi connectivity index (χ0v) is 10.5. The molecule has 0 saturated carbocycles. The van der Waals surface area contributed by atoms with E-state index in [0.29, 0.717) is 0 Å². The van der Waals surface area contributed by atoms with Gasteiger partial charge in [0.25, 0.3) is 0 Å². The van der Waals surface area contributed by atoms with E-state index in [0.717, 1.165) is 12.2 Å². The normalized spacial score (nSPS) is 10.8. The highest BCUT2D eigenvalue weighted by Gasteiger charge is 2.10. The Balaban J connectivity index is 2.81. The van der Waals surface area contributed by atoms with Gasteiger partial charge in [0.2, 0.25) is 0 Å². The van der Waals surface area contributed by atoms with Gasteiger partial charge >= 0.3 is 0 Å². The second kappa shape index (κ2) is 3.91. The Labute approximate surface area is 95.8 Å². The number of aryl methyl sites for hydroxylation is 1. The number of benzene rings is 1. The van der Waals surface area contributed by atoms with E-state index in [1.54, 1.807) is 18.4 Å². The summed E-state index contributed by atoms with van der Waals surface area (Å²) in [5, 5.41) is 3.43.